The zero-order valence-electron chi connectivity index (χ0n) is 23.3. The second-order valence-corrected chi connectivity index (χ2v) is 12.8. The molecule has 1 N–H and O–H groups in total. The summed E-state index contributed by atoms with van der Waals surface area (Å²) in [6, 6.07) is 21.4. The average molecular weight is 643 g/mol. The fourth-order valence-corrected chi connectivity index (χ4v) is 6.56. The molecule has 0 saturated heterocycles. The molecule has 10 heteroatoms. The number of carbonyl (C=O) groups is 2. The van der Waals surface area contributed by atoms with Gasteiger partial charge in [0.25, 0.3) is 10.0 Å². The van der Waals surface area contributed by atoms with Crippen molar-refractivity contribution in [2.24, 2.45) is 0 Å². The van der Waals surface area contributed by atoms with Gasteiger partial charge in [-0.15, -0.1) is 0 Å². The number of benzene rings is 3. The van der Waals surface area contributed by atoms with E-state index in [-0.39, 0.29) is 23.4 Å². The van der Waals surface area contributed by atoms with E-state index in [1.54, 1.807) is 49.4 Å². The minimum absolute atomic E-state index is 0.0316. The fraction of sp³-hybridized carbons (Fsp3) is 0.355. The van der Waals surface area contributed by atoms with Crippen LogP contribution in [-0.2, 0) is 26.2 Å². The molecule has 1 saturated carbocycles. The van der Waals surface area contributed by atoms with E-state index in [1.165, 1.54) is 17.0 Å². The number of hydrogen-bond acceptors (Lipinski definition) is 5. The Bertz CT molecular complexity index is 1410. The summed E-state index contributed by atoms with van der Waals surface area (Å²) >= 11 is 3.43. The minimum Gasteiger partial charge on any atom is -0.494 e. The van der Waals surface area contributed by atoms with Crippen molar-refractivity contribution in [1.82, 2.24) is 10.2 Å². The molecular formula is C31H36BrN3O5S. The van der Waals surface area contributed by atoms with Gasteiger partial charge < -0.3 is 15.0 Å². The first kappa shape index (κ1) is 30.6. The number of halogens is 1. The van der Waals surface area contributed by atoms with E-state index >= 15 is 0 Å². The lowest BCUT2D eigenvalue weighted by atomic mass is 10.1. The van der Waals surface area contributed by atoms with Gasteiger partial charge in [0.2, 0.25) is 11.8 Å². The maximum atomic E-state index is 14.0. The van der Waals surface area contributed by atoms with Gasteiger partial charge in [-0.05, 0) is 80.8 Å². The number of nitrogens with one attached hydrogen (secondary N) is 1. The number of hydrogen-bond donors (Lipinski definition) is 1. The molecule has 3 aromatic rings. The Morgan fingerprint density at radius 3 is 2.22 bits per heavy atom. The standard InChI is InChI=1S/C31H36BrN3O5S/c1-3-40-28-17-19-29(20-18-28)41(38,39)35(27-11-5-4-6-12-27)22-30(36)34(21-24-13-15-25(32)16-14-24)23(2)31(37)33-26-9-7-8-10-26/h4-6,11-20,23,26H,3,7-10,21-22H2,1-2H3,(H,33,37). The topological polar surface area (TPSA) is 96.0 Å². The molecule has 0 aliphatic heterocycles. The highest BCUT2D eigenvalue weighted by Gasteiger charge is 2.33. The van der Waals surface area contributed by atoms with Crippen LogP contribution >= 0.6 is 15.9 Å². The summed E-state index contributed by atoms with van der Waals surface area (Å²) in [5, 5.41) is 3.08. The summed E-state index contributed by atoms with van der Waals surface area (Å²) in [7, 11) is -4.13. The molecule has 4 rings (SSSR count). The molecule has 1 atom stereocenters. The van der Waals surface area contributed by atoms with Crippen molar-refractivity contribution in [3.05, 3.63) is 88.9 Å². The molecule has 0 aromatic heterocycles. The fourth-order valence-electron chi connectivity index (χ4n) is 4.89. The van der Waals surface area contributed by atoms with Crippen molar-refractivity contribution in [2.45, 2.75) is 63.1 Å². The van der Waals surface area contributed by atoms with Crippen molar-refractivity contribution < 1.29 is 22.7 Å². The van der Waals surface area contributed by atoms with Crippen LogP contribution in [0.1, 0.15) is 45.1 Å². The summed E-state index contributed by atoms with van der Waals surface area (Å²) in [6.45, 7) is 3.67. The maximum Gasteiger partial charge on any atom is 0.264 e. The smallest absolute Gasteiger partial charge is 0.264 e. The van der Waals surface area contributed by atoms with E-state index in [9.17, 15) is 18.0 Å². The second kappa shape index (κ2) is 14.0. The monoisotopic (exact) mass is 641 g/mol. The predicted molar refractivity (Wildman–Crippen MR) is 163 cm³/mol. The molecule has 3 aromatic carbocycles. The highest BCUT2D eigenvalue weighted by molar-refractivity contribution is 9.10. The molecule has 0 radical (unpaired) electrons. The number of carbonyl (C=O) groups excluding carboxylic acids is 2. The van der Waals surface area contributed by atoms with Gasteiger partial charge in [0.15, 0.2) is 0 Å². The summed E-state index contributed by atoms with van der Waals surface area (Å²) < 4.78 is 35.3. The average Bonchev–Trinajstić information content (AvgIpc) is 3.49. The van der Waals surface area contributed by atoms with Crippen LogP contribution in [0.15, 0.2) is 88.2 Å². The molecule has 218 valence electrons. The zero-order valence-corrected chi connectivity index (χ0v) is 25.7. The summed E-state index contributed by atoms with van der Waals surface area (Å²) in [6.07, 6.45) is 3.97. The number of ether oxygens (including phenoxy) is 1. The van der Waals surface area contributed by atoms with Crippen molar-refractivity contribution in [1.29, 1.82) is 0 Å². The van der Waals surface area contributed by atoms with Crippen LogP contribution < -0.4 is 14.4 Å². The SMILES string of the molecule is CCOc1ccc(S(=O)(=O)N(CC(=O)N(Cc2ccc(Br)cc2)C(C)C(=O)NC2CCCC2)c2ccccc2)cc1. The molecule has 1 unspecified atom stereocenters. The van der Waals surface area contributed by atoms with E-state index in [0.717, 1.165) is 40.0 Å². The van der Waals surface area contributed by atoms with Crippen molar-refractivity contribution in [2.75, 3.05) is 17.5 Å². The molecule has 0 spiro atoms. The van der Waals surface area contributed by atoms with E-state index in [2.05, 4.69) is 21.2 Å². The number of nitrogens with zero attached hydrogens (tertiary/aromatic N) is 2. The Morgan fingerprint density at radius 1 is 0.976 bits per heavy atom. The molecule has 8 nitrogen and oxygen atoms in total. The number of amides is 2. The van der Waals surface area contributed by atoms with Crippen molar-refractivity contribution in [3.63, 3.8) is 0 Å². The number of para-hydroxylation sites is 1. The van der Waals surface area contributed by atoms with E-state index in [0.29, 0.717) is 18.0 Å². The van der Waals surface area contributed by atoms with E-state index < -0.39 is 28.5 Å². The molecule has 0 bridgehead atoms. The largest absolute Gasteiger partial charge is 0.494 e. The predicted octanol–water partition coefficient (Wildman–Crippen LogP) is 5.52. The lowest BCUT2D eigenvalue weighted by Gasteiger charge is -2.32. The zero-order chi connectivity index (χ0) is 29.4. The first-order valence-electron chi connectivity index (χ1n) is 13.8. The Morgan fingerprint density at radius 2 is 1.61 bits per heavy atom. The third kappa shape index (κ3) is 7.89. The van der Waals surface area contributed by atoms with Gasteiger partial charge in [-0.3, -0.25) is 13.9 Å². The number of rotatable bonds is 12. The third-order valence-electron chi connectivity index (χ3n) is 7.18. The van der Waals surface area contributed by atoms with E-state index in [1.807, 2.05) is 31.2 Å². The van der Waals surface area contributed by atoms with Crippen LogP contribution in [0.4, 0.5) is 5.69 Å². The van der Waals surface area contributed by atoms with Gasteiger partial charge in [0.05, 0.1) is 17.2 Å². The Kier molecular flexibility index (Phi) is 10.4. The minimum atomic E-state index is -4.13. The third-order valence-corrected chi connectivity index (χ3v) is 9.50. The number of anilines is 1. The van der Waals surface area contributed by atoms with Gasteiger partial charge in [0.1, 0.15) is 18.3 Å². The van der Waals surface area contributed by atoms with Gasteiger partial charge in [-0.2, -0.15) is 0 Å². The molecule has 1 fully saturated rings. The van der Waals surface area contributed by atoms with Crippen LogP contribution in [0.3, 0.4) is 0 Å². The molecule has 41 heavy (non-hydrogen) atoms. The molecule has 0 heterocycles. The Balaban J connectivity index is 1.65. The summed E-state index contributed by atoms with van der Waals surface area (Å²) in [4.78, 5) is 28.8. The molecular weight excluding hydrogens is 606 g/mol. The first-order chi connectivity index (χ1) is 19.7. The molecule has 2 amide bonds. The first-order valence-corrected chi connectivity index (χ1v) is 16.1. The summed E-state index contributed by atoms with van der Waals surface area (Å²) in [5.74, 6) is -0.181. The quantitative estimate of drug-likeness (QED) is 0.281. The lowest BCUT2D eigenvalue weighted by molar-refractivity contribution is -0.139. The Hall–Kier alpha value is -3.37. The highest BCUT2D eigenvalue weighted by atomic mass is 79.9. The normalized spacial score (nSPS) is 14.3. The van der Waals surface area contributed by atoms with Gasteiger partial charge in [-0.1, -0.05) is 59.1 Å². The second-order valence-electron chi connectivity index (χ2n) is 10.1. The van der Waals surface area contributed by atoms with Gasteiger partial charge in [0, 0.05) is 17.1 Å². The summed E-state index contributed by atoms with van der Waals surface area (Å²) in [5.41, 5.74) is 1.17. The number of sulfonamides is 1. The van der Waals surface area contributed by atoms with Crippen molar-refractivity contribution >= 4 is 43.5 Å². The van der Waals surface area contributed by atoms with Gasteiger partial charge >= 0.3 is 0 Å². The van der Waals surface area contributed by atoms with Crippen LogP contribution in [0.5, 0.6) is 5.75 Å². The van der Waals surface area contributed by atoms with Gasteiger partial charge in [-0.25, -0.2) is 8.42 Å². The van der Waals surface area contributed by atoms with Crippen LogP contribution in [0.2, 0.25) is 0 Å². The van der Waals surface area contributed by atoms with Crippen LogP contribution in [-0.4, -0.2) is 50.4 Å². The molecule has 1 aliphatic carbocycles. The Labute approximate surface area is 250 Å². The molecule has 1 aliphatic rings. The van der Waals surface area contributed by atoms with Crippen LogP contribution in [0.25, 0.3) is 0 Å². The van der Waals surface area contributed by atoms with Crippen LogP contribution in [0, 0.1) is 0 Å². The van der Waals surface area contributed by atoms with Crippen molar-refractivity contribution in [3.8, 4) is 5.75 Å². The highest BCUT2D eigenvalue weighted by Crippen LogP contribution is 2.26. The maximum absolute atomic E-state index is 14.0. The lowest BCUT2D eigenvalue weighted by Crippen LogP contribution is -2.52. The van der Waals surface area contributed by atoms with E-state index in [4.69, 9.17) is 4.74 Å².